The van der Waals surface area contributed by atoms with Gasteiger partial charge in [-0.3, -0.25) is 14.5 Å². The van der Waals surface area contributed by atoms with Crippen LogP contribution in [0.1, 0.15) is 0 Å². The molecule has 0 unspecified atom stereocenters. The lowest BCUT2D eigenvalue weighted by atomic mass is 10.1. The molecule has 4 aromatic rings. The van der Waals surface area contributed by atoms with Crippen molar-refractivity contribution in [1.82, 2.24) is 14.8 Å². The van der Waals surface area contributed by atoms with E-state index < -0.39 is 0 Å². The highest BCUT2D eigenvalue weighted by atomic mass is 16.2. The van der Waals surface area contributed by atoms with Crippen molar-refractivity contribution in [2.75, 3.05) is 44.2 Å². The summed E-state index contributed by atoms with van der Waals surface area (Å²) in [4.78, 5) is 30.5. The molecule has 1 N–H and O–H groups in total. The summed E-state index contributed by atoms with van der Waals surface area (Å²) in [7, 11) is 0. The number of piperazine rings is 1. The van der Waals surface area contributed by atoms with Gasteiger partial charge in [0.25, 0.3) is 0 Å². The molecule has 2 heterocycles. The van der Waals surface area contributed by atoms with E-state index in [0.717, 1.165) is 43.8 Å². The van der Waals surface area contributed by atoms with Crippen LogP contribution in [0, 0.1) is 0 Å². The van der Waals surface area contributed by atoms with Crippen LogP contribution in [0.2, 0.25) is 0 Å². The van der Waals surface area contributed by atoms with Crippen molar-refractivity contribution in [3.63, 3.8) is 0 Å². The quantitative estimate of drug-likeness (QED) is 0.468. The van der Waals surface area contributed by atoms with Crippen LogP contribution >= 0.6 is 0 Å². The van der Waals surface area contributed by atoms with Gasteiger partial charge in [0.2, 0.25) is 5.91 Å². The second kappa shape index (κ2) is 9.46. The molecule has 1 aliphatic heterocycles. The SMILES string of the molecule is O=C(Cn1c2ccccc2c(=O)c2ccccc21)NCCN1CCN(c2ccccc2)CC1. The third kappa shape index (κ3) is 4.47. The minimum Gasteiger partial charge on any atom is -0.369 e. The number of anilines is 1. The third-order valence-corrected chi connectivity index (χ3v) is 6.42. The van der Waals surface area contributed by atoms with Gasteiger partial charge in [0.05, 0.1) is 11.0 Å². The van der Waals surface area contributed by atoms with Gasteiger partial charge in [-0.15, -0.1) is 0 Å². The number of hydrogen-bond donors (Lipinski definition) is 1. The number of para-hydroxylation sites is 3. The minimum atomic E-state index is -0.0446. The topological polar surface area (TPSA) is 57.6 Å². The van der Waals surface area contributed by atoms with Crippen LogP contribution in [0.5, 0.6) is 0 Å². The molecule has 6 heteroatoms. The maximum absolute atomic E-state index is 12.9. The number of fused-ring (bicyclic) bond motifs is 2. The summed E-state index contributed by atoms with van der Waals surface area (Å²) < 4.78 is 1.94. The highest BCUT2D eigenvalue weighted by molar-refractivity contribution is 5.94. The molecule has 0 bridgehead atoms. The van der Waals surface area contributed by atoms with E-state index in [4.69, 9.17) is 0 Å². The number of rotatable bonds is 6. The first-order valence-electron chi connectivity index (χ1n) is 11.5. The number of pyridine rings is 1. The molecule has 6 nitrogen and oxygen atoms in total. The van der Waals surface area contributed by atoms with Crippen LogP contribution in [0.3, 0.4) is 0 Å². The molecule has 33 heavy (non-hydrogen) atoms. The number of carbonyl (C=O) groups is 1. The summed E-state index contributed by atoms with van der Waals surface area (Å²) in [5.74, 6) is -0.0446. The standard InChI is InChI=1S/C27H28N4O2/c32-26(28-14-15-29-16-18-30(19-17-29)21-8-2-1-3-9-21)20-31-24-12-6-4-10-22(24)27(33)23-11-5-7-13-25(23)31/h1-13H,14-20H2,(H,28,32). The Morgan fingerprint density at radius 3 is 1.97 bits per heavy atom. The first kappa shape index (κ1) is 21.2. The number of hydrogen-bond acceptors (Lipinski definition) is 4. The van der Waals surface area contributed by atoms with E-state index >= 15 is 0 Å². The van der Waals surface area contributed by atoms with Crippen molar-refractivity contribution >= 4 is 33.4 Å². The smallest absolute Gasteiger partial charge is 0.240 e. The normalized spacial score (nSPS) is 14.6. The van der Waals surface area contributed by atoms with Crippen molar-refractivity contribution in [1.29, 1.82) is 0 Å². The summed E-state index contributed by atoms with van der Waals surface area (Å²) >= 11 is 0. The predicted octanol–water partition coefficient (Wildman–Crippen LogP) is 3.09. The van der Waals surface area contributed by atoms with Crippen molar-refractivity contribution < 1.29 is 4.79 Å². The molecule has 168 valence electrons. The van der Waals surface area contributed by atoms with Crippen molar-refractivity contribution in [3.05, 3.63) is 89.1 Å². The lowest BCUT2D eigenvalue weighted by Gasteiger charge is -2.36. The van der Waals surface area contributed by atoms with Gasteiger partial charge in [-0.05, 0) is 36.4 Å². The fourth-order valence-electron chi connectivity index (χ4n) is 4.67. The molecule has 1 aliphatic rings. The molecule has 1 amide bonds. The maximum Gasteiger partial charge on any atom is 0.240 e. The van der Waals surface area contributed by atoms with E-state index in [-0.39, 0.29) is 17.9 Å². The Labute approximate surface area is 193 Å². The third-order valence-electron chi connectivity index (χ3n) is 6.42. The van der Waals surface area contributed by atoms with Gasteiger partial charge >= 0.3 is 0 Å². The first-order chi connectivity index (χ1) is 16.2. The number of benzene rings is 3. The Morgan fingerprint density at radius 2 is 1.33 bits per heavy atom. The molecule has 3 aromatic carbocycles. The number of nitrogens with zero attached hydrogens (tertiary/aromatic N) is 3. The average Bonchev–Trinajstić information content (AvgIpc) is 2.87. The Bertz CT molecular complexity index is 1260. The monoisotopic (exact) mass is 440 g/mol. The Hall–Kier alpha value is -3.64. The number of carbonyl (C=O) groups excluding carboxylic acids is 1. The van der Waals surface area contributed by atoms with Crippen LogP contribution in [0.4, 0.5) is 5.69 Å². The summed E-state index contributed by atoms with van der Waals surface area (Å²) in [5, 5.41) is 4.35. The molecule has 0 aliphatic carbocycles. The molecule has 5 rings (SSSR count). The summed E-state index contributed by atoms with van der Waals surface area (Å²) in [6.45, 7) is 5.59. The molecular weight excluding hydrogens is 412 g/mol. The summed E-state index contributed by atoms with van der Waals surface area (Å²) in [5.41, 5.74) is 2.85. The van der Waals surface area contributed by atoms with Gasteiger partial charge in [0.15, 0.2) is 5.43 Å². The highest BCUT2D eigenvalue weighted by Gasteiger charge is 2.17. The second-order valence-corrected chi connectivity index (χ2v) is 8.46. The molecular formula is C27H28N4O2. The summed E-state index contributed by atoms with van der Waals surface area (Å²) in [6, 6.07) is 25.5. The molecule has 1 aromatic heterocycles. The Balaban J connectivity index is 1.21. The van der Waals surface area contributed by atoms with Crippen molar-refractivity contribution in [3.8, 4) is 0 Å². The van der Waals surface area contributed by atoms with Crippen LogP contribution in [-0.4, -0.2) is 54.6 Å². The largest absolute Gasteiger partial charge is 0.369 e. The summed E-state index contributed by atoms with van der Waals surface area (Å²) in [6.07, 6.45) is 0. The molecule has 1 fully saturated rings. The van der Waals surface area contributed by atoms with Gasteiger partial charge in [0, 0.05) is 55.7 Å². The lowest BCUT2D eigenvalue weighted by molar-refractivity contribution is -0.121. The highest BCUT2D eigenvalue weighted by Crippen LogP contribution is 2.19. The van der Waals surface area contributed by atoms with Gasteiger partial charge in [-0.2, -0.15) is 0 Å². The zero-order valence-corrected chi connectivity index (χ0v) is 18.6. The molecule has 0 atom stereocenters. The Morgan fingerprint density at radius 1 is 0.758 bits per heavy atom. The van der Waals surface area contributed by atoms with E-state index in [9.17, 15) is 9.59 Å². The fraction of sp³-hybridized carbons (Fsp3) is 0.259. The minimum absolute atomic E-state index is 0.00695. The number of amides is 1. The first-order valence-corrected chi connectivity index (χ1v) is 11.5. The van der Waals surface area contributed by atoms with Gasteiger partial charge in [-0.25, -0.2) is 0 Å². The maximum atomic E-state index is 12.9. The molecule has 1 saturated heterocycles. The molecule has 0 radical (unpaired) electrons. The van der Waals surface area contributed by atoms with E-state index in [0.29, 0.717) is 17.3 Å². The predicted molar refractivity (Wildman–Crippen MR) is 134 cm³/mol. The van der Waals surface area contributed by atoms with E-state index in [1.54, 1.807) is 0 Å². The van der Waals surface area contributed by atoms with Crippen LogP contribution in [0.25, 0.3) is 21.8 Å². The van der Waals surface area contributed by atoms with E-state index in [2.05, 4.69) is 39.4 Å². The zero-order chi connectivity index (χ0) is 22.6. The van der Waals surface area contributed by atoms with Crippen LogP contribution in [0.15, 0.2) is 83.7 Å². The molecule has 0 saturated carbocycles. The van der Waals surface area contributed by atoms with E-state index in [1.807, 2.05) is 59.2 Å². The lowest BCUT2D eigenvalue weighted by Crippen LogP contribution is -2.48. The van der Waals surface area contributed by atoms with Crippen LogP contribution in [-0.2, 0) is 11.3 Å². The van der Waals surface area contributed by atoms with Gasteiger partial charge in [-0.1, -0.05) is 42.5 Å². The second-order valence-electron chi connectivity index (χ2n) is 8.46. The molecule has 0 spiro atoms. The van der Waals surface area contributed by atoms with E-state index in [1.165, 1.54) is 5.69 Å². The zero-order valence-electron chi connectivity index (χ0n) is 18.6. The van der Waals surface area contributed by atoms with Crippen molar-refractivity contribution in [2.45, 2.75) is 6.54 Å². The number of nitrogens with one attached hydrogen (secondary N) is 1. The number of aromatic nitrogens is 1. The average molecular weight is 441 g/mol. The van der Waals surface area contributed by atoms with Gasteiger partial charge in [0.1, 0.15) is 6.54 Å². The van der Waals surface area contributed by atoms with Crippen molar-refractivity contribution in [2.24, 2.45) is 0 Å². The Kier molecular flexibility index (Phi) is 6.09. The van der Waals surface area contributed by atoms with Crippen LogP contribution < -0.4 is 15.6 Å². The fourth-order valence-corrected chi connectivity index (χ4v) is 4.67. The van der Waals surface area contributed by atoms with Gasteiger partial charge < -0.3 is 14.8 Å².